The van der Waals surface area contributed by atoms with Crippen LogP contribution in [0.2, 0.25) is 0 Å². The average molecular weight is 277 g/mol. The Morgan fingerprint density at radius 1 is 1.14 bits per heavy atom. The van der Waals surface area contributed by atoms with Crippen molar-refractivity contribution < 1.29 is 4.74 Å². The van der Waals surface area contributed by atoms with Crippen molar-refractivity contribution in [3.8, 4) is 11.8 Å². The lowest BCUT2D eigenvalue weighted by atomic mass is 10.2. The number of para-hydroxylation sites is 1. The van der Waals surface area contributed by atoms with Gasteiger partial charge in [-0.2, -0.15) is 10.4 Å². The summed E-state index contributed by atoms with van der Waals surface area (Å²) in [5.41, 5.74) is 1.76. The molecule has 2 aromatic carbocycles. The smallest absolute Gasteiger partial charge is 0.120 e. The fraction of sp³-hybridized carbons (Fsp3) is 0.176. The summed E-state index contributed by atoms with van der Waals surface area (Å²) in [6.07, 6.45) is 2.75. The van der Waals surface area contributed by atoms with E-state index in [2.05, 4.69) is 23.3 Å². The monoisotopic (exact) mass is 277 g/mol. The molecule has 1 heterocycles. The Hall–Kier alpha value is -2.80. The summed E-state index contributed by atoms with van der Waals surface area (Å²) in [6, 6.07) is 17.5. The molecule has 104 valence electrons. The van der Waals surface area contributed by atoms with Crippen molar-refractivity contribution in [1.82, 2.24) is 9.78 Å². The van der Waals surface area contributed by atoms with Crippen LogP contribution >= 0.6 is 0 Å². The standard InChI is InChI=1S/C17H15N3O/c18-12-14-5-3-7-16(11-14)21-10-4-9-20-17-8-2-1-6-15(17)13-19-20/h1-3,5-8,11,13H,4,9-10H2. The molecule has 0 N–H and O–H groups in total. The molecule has 0 atom stereocenters. The lowest BCUT2D eigenvalue weighted by Gasteiger charge is -2.07. The summed E-state index contributed by atoms with van der Waals surface area (Å²) in [5, 5.41) is 14.4. The lowest BCUT2D eigenvalue weighted by Crippen LogP contribution is -2.05. The molecule has 0 amide bonds. The van der Waals surface area contributed by atoms with Crippen molar-refractivity contribution in [1.29, 1.82) is 5.26 Å². The Morgan fingerprint density at radius 2 is 2.05 bits per heavy atom. The number of rotatable bonds is 5. The second kappa shape index (κ2) is 6.10. The first-order valence-electron chi connectivity index (χ1n) is 6.90. The van der Waals surface area contributed by atoms with E-state index in [0.29, 0.717) is 12.2 Å². The Bertz CT molecular complexity index is 786. The predicted molar refractivity (Wildman–Crippen MR) is 81.0 cm³/mol. The highest BCUT2D eigenvalue weighted by atomic mass is 16.5. The van der Waals surface area contributed by atoms with Gasteiger partial charge in [0.15, 0.2) is 0 Å². The van der Waals surface area contributed by atoms with Crippen LogP contribution in [0.1, 0.15) is 12.0 Å². The van der Waals surface area contributed by atoms with Crippen LogP contribution in [0.3, 0.4) is 0 Å². The maximum atomic E-state index is 8.84. The Balaban J connectivity index is 1.55. The zero-order valence-corrected chi connectivity index (χ0v) is 11.6. The maximum absolute atomic E-state index is 8.84. The molecule has 0 aliphatic heterocycles. The van der Waals surface area contributed by atoms with Crippen LogP contribution in [0.25, 0.3) is 10.9 Å². The van der Waals surface area contributed by atoms with E-state index in [0.717, 1.165) is 29.6 Å². The van der Waals surface area contributed by atoms with E-state index < -0.39 is 0 Å². The summed E-state index contributed by atoms with van der Waals surface area (Å²) < 4.78 is 7.66. The van der Waals surface area contributed by atoms with Crippen molar-refractivity contribution in [3.05, 3.63) is 60.3 Å². The predicted octanol–water partition coefficient (Wildman–Crippen LogP) is 3.38. The van der Waals surface area contributed by atoms with E-state index in [1.165, 1.54) is 0 Å². The van der Waals surface area contributed by atoms with Gasteiger partial charge in [-0.25, -0.2) is 0 Å². The molecule has 0 radical (unpaired) electrons. The number of aromatic nitrogens is 2. The van der Waals surface area contributed by atoms with Gasteiger partial charge in [-0.15, -0.1) is 0 Å². The minimum atomic E-state index is 0.600. The third kappa shape index (κ3) is 3.03. The number of benzene rings is 2. The van der Waals surface area contributed by atoms with Crippen molar-refractivity contribution >= 4 is 10.9 Å². The van der Waals surface area contributed by atoms with E-state index in [-0.39, 0.29) is 0 Å². The number of nitrogens with zero attached hydrogens (tertiary/aromatic N) is 3. The molecule has 0 saturated heterocycles. The normalized spacial score (nSPS) is 10.4. The molecule has 21 heavy (non-hydrogen) atoms. The van der Waals surface area contributed by atoms with Gasteiger partial charge in [0.05, 0.1) is 30.0 Å². The third-order valence-electron chi connectivity index (χ3n) is 3.30. The van der Waals surface area contributed by atoms with E-state index in [1.807, 2.05) is 35.1 Å². The summed E-state index contributed by atoms with van der Waals surface area (Å²) in [5.74, 6) is 0.736. The Kier molecular flexibility index (Phi) is 3.83. The van der Waals surface area contributed by atoms with Gasteiger partial charge in [0.25, 0.3) is 0 Å². The quantitative estimate of drug-likeness (QED) is 0.672. The number of aryl methyl sites for hydroxylation is 1. The van der Waals surface area contributed by atoms with Gasteiger partial charge in [-0.05, 0) is 24.3 Å². The molecule has 3 rings (SSSR count). The summed E-state index contributed by atoms with van der Waals surface area (Å²) in [6.45, 7) is 1.41. The highest BCUT2D eigenvalue weighted by Crippen LogP contribution is 2.14. The zero-order valence-electron chi connectivity index (χ0n) is 11.6. The van der Waals surface area contributed by atoms with Crippen molar-refractivity contribution in [2.24, 2.45) is 0 Å². The average Bonchev–Trinajstić information content (AvgIpc) is 2.95. The number of ether oxygens (including phenoxy) is 1. The number of hydrogen-bond acceptors (Lipinski definition) is 3. The third-order valence-corrected chi connectivity index (χ3v) is 3.30. The highest BCUT2D eigenvalue weighted by molar-refractivity contribution is 5.78. The summed E-state index contributed by atoms with van der Waals surface area (Å²) in [7, 11) is 0. The molecule has 0 unspecified atom stereocenters. The minimum absolute atomic E-state index is 0.600. The second-order valence-electron chi connectivity index (χ2n) is 4.77. The molecule has 0 saturated carbocycles. The summed E-state index contributed by atoms with van der Waals surface area (Å²) >= 11 is 0. The molecule has 0 spiro atoms. The molecule has 1 aromatic heterocycles. The van der Waals surface area contributed by atoms with Crippen LogP contribution in [-0.2, 0) is 6.54 Å². The Morgan fingerprint density at radius 3 is 2.95 bits per heavy atom. The van der Waals surface area contributed by atoms with Gasteiger partial charge >= 0.3 is 0 Å². The maximum Gasteiger partial charge on any atom is 0.120 e. The molecule has 4 heteroatoms. The highest BCUT2D eigenvalue weighted by Gasteiger charge is 2.01. The van der Waals surface area contributed by atoms with E-state index >= 15 is 0 Å². The Labute approximate surface area is 123 Å². The molecule has 3 aromatic rings. The fourth-order valence-electron chi connectivity index (χ4n) is 2.26. The first-order chi connectivity index (χ1) is 10.4. The first-order valence-corrected chi connectivity index (χ1v) is 6.90. The number of hydrogen-bond donors (Lipinski definition) is 0. The van der Waals surface area contributed by atoms with E-state index in [4.69, 9.17) is 10.00 Å². The van der Waals surface area contributed by atoms with Crippen LogP contribution in [0, 0.1) is 11.3 Å². The van der Waals surface area contributed by atoms with Crippen LogP contribution in [0.5, 0.6) is 5.75 Å². The topological polar surface area (TPSA) is 50.8 Å². The number of nitriles is 1. The molecular weight excluding hydrogens is 262 g/mol. The van der Waals surface area contributed by atoms with Crippen LogP contribution < -0.4 is 4.74 Å². The van der Waals surface area contributed by atoms with Gasteiger partial charge in [0, 0.05) is 18.4 Å². The minimum Gasteiger partial charge on any atom is -0.493 e. The largest absolute Gasteiger partial charge is 0.493 e. The molecular formula is C17H15N3O. The van der Waals surface area contributed by atoms with Crippen molar-refractivity contribution in [2.75, 3.05) is 6.61 Å². The van der Waals surface area contributed by atoms with Crippen molar-refractivity contribution in [3.63, 3.8) is 0 Å². The van der Waals surface area contributed by atoms with Gasteiger partial charge in [0.1, 0.15) is 5.75 Å². The first kappa shape index (κ1) is 13.2. The van der Waals surface area contributed by atoms with Crippen LogP contribution in [0.4, 0.5) is 0 Å². The van der Waals surface area contributed by atoms with E-state index in [1.54, 1.807) is 12.1 Å². The van der Waals surface area contributed by atoms with E-state index in [9.17, 15) is 0 Å². The summed E-state index contributed by atoms with van der Waals surface area (Å²) in [4.78, 5) is 0. The fourth-order valence-corrected chi connectivity index (χ4v) is 2.26. The SMILES string of the molecule is N#Cc1cccc(OCCCn2ncc3ccccc32)c1. The molecule has 0 aliphatic carbocycles. The van der Waals surface area contributed by atoms with Gasteiger partial charge < -0.3 is 4.74 Å². The van der Waals surface area contributed by atoms with Gasteiger partial charge in [0.2, 0.25) is 0 Å². The van der Waals surface area contributed by atoms with Crippen molar-refractivity contribution in [2.45, 2.75) is 13.0 Å². The molecule has 0 aliphatic rings. The molecule has 0 bridgehead atoms. The van der Waals surface area contributed by atoms with Gasteiger partial charge in [-0.1, -0.05) is 24.3 Å². The van der Waals surface area contributed by atoms with Crippen LogP contribution in [0.15, 0.2) is 54.7 Å². The lowest BCUT2D eigenvalue weighted by molar-refractivity contribution is 0.299. The molecule has 4 nitrogen and oxygen atoms in total. The number of fused-ring (bicyclic) bond motifs is 1. The zero-order chi connectivity index (χ0) is 14.5. The second-order valence-corrected chi connectivity index (χ2v) is 4.77. The molecule has 0 fully saturated rings. The van der Waals surface area contributed by atoms with Gasteiger partial charge in [-0.3, -0.25) is 4.68 Å². The van der Waals surface area contributed by atoms with Crippen LogP contribution in [-0.4, -0.2) is 16.4 Å².